The number of thiophene rings is 1. The topological polar surface area (TPSA) is 40.1 Å². The van der Waals surface area contributed by atoms with Gasteiger partial charge in [-0.25, -0.2) is 0 Å². The van der Waals surface area contributed by atoms with Crippen LogP contribution in [0.1, 0.15) is 9.67 Å². The average Bonchev–Trinajstić information content (AvgIpc) is 2.38. The highest BCUT2D eigenvalue weighted by Gasteiger charge is 1.98. The lowest BCUT2D eigenvalue weighted by atomic mass is 10.3. The molecule has 0 aliphatic rings. The van der Waals surface area contributed by atoms with E-state index >= 15 is 0 Å². The van der Waals surface area contributed by atoms with E-state index in [1.165, 1.54) is 11.3 Å². The van der Waals surface area contributed by atoms with Gasteiger partial charge in [0.15, 0.2) is 5.78 Å². The summed E-state index contributed by atoms with van der Waals surface area (Å²) >= 11 is 1.33. The van der Waals surface area contributed by atoms with Crippen LogP contribution in [0, 0.1) is 7.43 Å². The van der Waals surface area contributed by atoms with Gasteiger partial charge in [-0.3, -0.25) is 4.79 Å². The number of carbonyl (C=O) groups is 1. The van der Waals surface area contributed by atoms with Gasteiger partial charge >= 0.3 is 0 Å². The summed E-state index contributed by atoms with van der Waals surface area (Å²) in [6, 6.07) is 3.46. The van der Waals surface area contributed by atoms with Crippen molar-refractivity contribution in [1.82, 2.24) is 0 Å². The first-order chi connectivity index (χ1) is 4.84. The Morgan fingerprint density at radius 1 is 1.64 bits per heavy atom. The first-order valence-corrected chi connectivity index (χ1v) is 3.59. The second-order valence-electron chi connectivity index (χ2n) is 1.64. The van der Waals surface area contributed by atoms with Crippen LogP contribution in [-0.2, 0) is 0 Å². The van der Waals surface area contributed by atoms with Gasteiger partial charge in [-0.05, 0) is 17.5 Å². The van der Waals surface area contributed by atoms with E-state index in [0.29, 0.717) is 11.1 Å². The number of carbonyl (C=O) groups excluding carboxylic acids is 1. The standard InChI is InChI=1S/C7H6O2S.CH3/c8-4-3-6(9)7-2-1-5-10-7;/h1-5,8H;1H3/q;+1/p-1. The second-order valence-corrected chi connectivity index (χ2v) is 2.59. The minimum absolute atomic E-state index is 0. The maximum Gasteiger partial charge on any atom is 0.194 e. The molecule has 0 aromatic carbocycles. The van der Waals surface area contributed by atoms with E-state index in [2.05, 4.69) is 0 Å². The number of rotatable bonds is 2. The molecule has 0 bridgehead atoms. The third-order valence-corrected chi connectivity index (χ3v) is 1.87. The highest BCUT2D eigenvalue weighted by Crippen LogP contribution is 2.08. The summed E-state index contributed by atoms with van der Waals surface area (Å²) in [7, 11) is 0. The van der Waals surface area contributed by atoms with Crippen molar-refractivity contribution in [3.05, 3.63) is 42.2 Å². The number of hydrogen-bond donors (Lipinski definition) is 0. The van der Waals surface area contributed by atoms with Crippen LogP contribution in [0.2, 0.25) is 0 Å². The van der Waals surface area contributed by atoms with E-state index < -0.39 is 0 Å². The van der Waals surface area contributed by atoms with E-state index in [9.17, 15) is 9.90 Å². The SMILES string of the molecule is O=C(C=C[O-])c1cccs1.[CH3+]. The zero-order valence-corrected chi connectivity index (χ0v) is 6.93. The molecule has 58 valence electrons. The maximum atomic E-state index is 10.8. The van der Waals surface area contributed by atoms with E-state index in [0.717, 1.165) is 6.08 Å². The van der Waals surface area contributed by atoms with Crippen molar-refractivity contribution >= 4 is 17.1 Å². The Morgan fingerprint density at radius 2 is 2.36 bits per heavy atom. The first-order valence-electron chi connectivity index (χ1n) is 2.71. The third kappa shape index (κ3) is 2.47. The molecule has 1 aromatic rings. The monoisotopic (exact) mass is 168 g/mol. The molecule has 0 fully saturated rings. The molecule has 3 heteroatoms. The van der Waals surface area contributed by atoms with Crippen molar-refractivity contribution in [3.63, 3.8) is 0 Å². The lowest BCUT2D eigenvalue weighted by Crippen LogP contribution is -1.93. The Morgan fingerprint density at radius 3 is 2.82 bits per heavy atom. The molecule has 0 aliphatic heterocycles. The van der Waals surface area contributed by atoms with Crippen molar-refractivity contribution in [2.24, 2.45) is 0 Å². The molecule has 0 saturated heterocycles. The molecule has 1 heterocycles. The molecule has 0 atom stereocenters. The lowest BCUT2D eigenvalue weighted by Gasteiger charge is -1.88. The molecule has 2 nitrogen and oxygen atoms in total. The van der Waals surface area contributed by atoms with Crippen LogP contribution in [0.25, 0.3) is 0 Å². The van der Waals surface area contributed by atoms with Crippen molar-refractivity contribution in [3.8, 4) is 0 Å². The van der Waals surface area contributed by atoms with Gasteiger partial charge < -0.3 is 5.11 Å². The van der Waals surface area contributed by atoms with E-state index in [1.54, 1.807) is 17.5 Å². The summed E-state index contributed by atoms with van der Waals surface area (Å²) in [6.45, 7) is 0. The quantitative estimate of drug-likeness (QED) is 0.288. The first kappa shape index (κ1) is 9.78. The smallest absolute Gasteiger partial charge is 0.194 e. The second kappa shape index (κ2) is 4.57. The average molecular weight is 168 g/mol. The summed E-state index contributed by atoms with van der Waals surface area (Å²) in [5.41, 5.74) is 0. The van der Waals surface area contributed by atoms with Gasteiger partial charge in [-0.2, -0.15) is 0 Å². The zero-order chi connectivity index (χ0) is 7.40. The zero-order valence-electron chi connectivity index (χ0n) is 6.11. The minimum atomic E-state index is -0.218. The molecule has 0 spiro atoms. The van der Waals surface area contributed by atoms with Crippen molar-refractivity contribution in [1.29, 1.82) is 0 Å². The molecular formula is C8H8O2S. The predicted octanol–water partition coefficient (Wildman–Crippen LogP) is 1.26. The molecular weight excluding hydrogens is 160 g/mol. The van der Waals surface area contributed by atoms with Gasteiger partial charge in [0.05, 0.1) is 4.88 Å². The van der Waals surface area contributed by atoms with Crippen LogP contribution >= 0.6 is 11.3 Å². The molecule has 1 rings (SSSR count). The maximum absolute atomic E-state index is 10.8. The van der Waals surface area contributed by atoms with Crippen molar-refractivity contribution in [2.45, 2.75) is 0 Å². The Labute approximate surface area is 69.8 Å². The molecule has 11 heavy (non-hydrogen) atoms. The Hall–Kier alpha value is -1.22. The van der Waals surface area contributed by atoms with Crippen LogP contribution in [-0.4, -0.2) is 5.78 Å². The molecule has 0 unspecified atom stereocenters. The molecule has 0 N–H and O–H groups in total. The Balaban J connectivity index is 0.000001000. The van der Waals surface area contributed by atoms with Gasteiger partial charge in [0.25, 0.3) is 0 Å². The molecule has 0 saturated carbocycles. The highest BCUT2D eigenvalue weighted by atomic mass is 32.1. The molecule has 0 aliphatic carbocycles. The summed E-state index contributed by atoms with van der Waals surface area (Å²) in [4.78, 5) is 11.4. The fraction of sp³-hybridized carbons (Fsp3) is 0. The normalized spacial score (nSPS) is 9.45. The third-order valence-electron chi connectivity index (χ3n) is 0.983. The van der Waals surface area contributed by atoms with Crippen LogP contribution in [0.15, 0.2) is 29.9 Å². The van der Waals surface area contributed by atoms with Crippen LogP contribution in [0.4, 0.5) is 0 Å². The summed E-state index contributed by atoms with van der Waals surface area (Å²) in [5.74, 6) is -0.218. The van der Waals surface area contributed by atoms with Crippen LogP contribution in [0.3, 0.4) is 0 Å². The van der Waals surface area contributed by atoms with Gasteiger partial charge in [-0.15, -0.1) is 17.6 Å². The van der Waals surface area contributed by atoms with Crippen LogP contribution in [0.5, 0.6) is 0 Å². The number of allylic oxidation sites excluding steroid dienone is 1. The van der Waals surface area contributed by atoms with Crippen molar-refractivity contribution < 1.29 is 9.90 Å². The molecule has 0 radical (unpaired) electrons. The van der Waals surface area contributed by atoms with E-state index in [1.807, 2.05) is 0 Å². The summed E-state index contributed by atoms with van der Waals surface area (Å²) < 4.78 is 0. The summed E-state index contributed by atoms with van der Waals surface area (Å²) in [5, 5.41) is 11.6. The predicted molar refractivity (Wildman–Crippen MR) is 44.2 cm³/mol. The number of ketones is 1. The Kier molecular flexibility index (Phi) is 4.07. The van der Waals surface area contributed by atoms with E-state index in [4.69, 9.17) is 0 Å². The number of hydrogen-bond acceptors (Lipinski definition) is 3. The van der Waals surface area contributed by atoms with E-state index in [-0.39, 0.29) is 13.2 Å². The largest absolute Gasteiger partial charge is 0.878 e. The summed E-state index contributed by atoms with van der Waals surface area (Å²) in [6.07, 6.45) is 1.52. The van der Waals surface area contributed by atoms with Crippen molar-refractivity contribution in [2.75, 3.05) is 0 Å². The molecule has 0 amide bonds. The minimum Gasteiger partial charge on any atom is -0.878 e. The van der Waals surface area contributed by atoms with Crippen LogP contribution < -0.4 is 5.11 Å². The fourth-order valence-electron chi connectivity index (χ4n) is 0.563. The molecule has 1 aromatic heterocycles. The highest BCUT2D eigenvalue weighted by molar-refractivity contribution is 7.12. The fourth-order valence-corrected chi connectivity index (χ4v) is 1.21. The van der Waals surface area contributed by atoms with Gasteiger partial charge in [-0.1, -0.05) is 6.07 Å². The Bertz CT molecular complexity index is 237. The lowest BCUT2D eigenvalue weighted by molar-refractivity contribution is -0.274. The van der Waals surface area contributed by atoms with Gasteiger partial charge in [0.2, 0.25) is 0 Å². The van der Waals surface area contributed by atoms with Gasteiger partial charge in [0, 0.05) is 7.43 Å². The van der Waals surface area contributed by atoms with Gasteiger partial charge in [0.1, 0.15) is 0 Å².